The highest BCUT2D eigenvalue weighted by molar-refractivity contribution is 9.10. The maximum atomic E-state index is 5.50. The minimum absolute atomic E-state index is 0.555. The fraction of sp³-hybridized carbons (Fsp3) is 0.643. The number of hydrogen-bond acceptors (Lipinski definition) is 3. The molecule has 3 heterocycles. The van der Waals surface area contributed by atoms with Crippen LogP contribution in [0.5, 0.6) is 0 Å². The summed E-state index contributed by atoms with van der Waals surface area (Å²) in [5.41, 5.74) is 1.45. The molecule has 1 aromatic heterocycles. The zero-order valence-electron chi connectivity index (χ0n) is 11.1. The molecule has 1 aromatic rings. The second-order valence-corrected chi connectivity index (χ2v) is 6.27. The zero-order valence-corrected chi connectivity index (χ0v) is 12.7. The van der Waals surface area contributed by atoms with Gasteiger partial charge in [0.1, 0.15) is 0 Å². The number of piperidine rings is 1. The molecule has 0 atom stereocenters. The summed E-state index contributed by atoms with van der Waals surface area (Å²) in [5, 5.41) is 4.40. The molecule has 0 aliphatic carbocycles. The molecule has 5 heteroatoms. The van der Waals surface area contributed by atoms with Crippen LogP contribution in [0.15, 0.2) is 28.5 Å². The van der Waals surface area contributed by atoms with Gasteiger partial charge in [-0.1, -0.05) is 6.08 Å². The van der Waals surface area contributed by atoms with Gasteiger partial charge in [-0.15, -0.1) is 0 Å². The summed E-state index contributed by atoms with van der Waals surface area (Å²) in [7, 11) is 0. The Morgan fingerprint density at radius 2 is 2.21 bits per heavy atom. The lowest BCUT2D eigenvalue weighted by atomic mass is 10.0. The van der Waals surface area contributed by atoms with Gasteiger partial charge in [-0.3, -0.25) is 9.58 Å². The van der Waals surface area contributed by atoms with Crippen LogP contribution in [-0.2, 0) is 4.74 Å². The molecule has 0 spiro atoms. The SMILES string of the molecule is Brc1cnn(C2CCN(CC3=CCCOC3)CC2)c1. The maximum Gasteiger partial charge on any atom is 0.0689 e. The molecule has 0 bridgehead atoms. The molecule has 0 unspecified atom stereocenters. The summed E-state index contributed by atoms with van der Waals surface area (Å²) in [6, 6.07) is 0.555. The Morgan fingerprint density at radius 1 is 1.37 bits per heavy atom. The molecule has 0 amide bonds. The van der Waals surface area contributed by atoms with Crippen LogP contribution in [0.25, 0.3) is 0 Å². The van der Waals surface area contributed by atoms with Crippen molar-refractivity contribution in [1.82, 2.24) is 14.7 Å². The van der Waals surface area contributed by atoms with Crippen LogP contribution in [0, 0.1) is 0 Å². The van der Waals surface area contributed by atoms with Gasteiger partial charge in [-0.2, -0.15) is 5.10 Å². The van der Waals surface area contributed by atoms with E-state index in [-0.39, 0.29) is 0 Å². The van der Waals surface area contributed by atoms with Gasteiger partial charge in [0.2, 0.25) is 0 Å². The molecule has 2 aliphatic rings. The molecule has 2 aliphatic heterocycles. The van der Waals surface area contributed by atoms with Crippen molar-refractivity contribution >= 4 is 15.9 Å². The van der Waals surface area contributed by atoms with Crippen molar-refractivity contribution in [2.45, 2.75) is 25.3 Å². The predicted octanol–water partition coefficient (Wildman–Crippen LogP) is 2.63. The first-order valence-corrected chi connectivity index (χ1v) is 7.78. The number of aromatic nitrogens is 2. The Balaban J connectivity index is 1.50. The summed E-state index contributed by atoms with van der Waals surface area (Å²) < 4.78 is 8.67. The molecule has 0 aromatic carbocycles. The monoisotopic (exact) mass is 325 g/mol. The lowest BCUT2D eigenvalue weighted by Gasteiger charge is -2.33. The number of halogens is 1. The molecule has 1 fully saturated rings. The van der Waals surface area contributed by atoms with Gasteiger partial charge >= 0.3 is 0 Å². The van der Waals surface area contributed by atoms with Crippen LogP contribution in [-0.4, -0.2) is 47.5 Å². The molecule has 104 valence electrons. The first-order chi connectivity index (χ1) is 9.31. The van der Waals surface area contributed by atoms with Crippen molar-refractivity contribution in [2.75, 3.05) is 32.8 Å². The van der Waals surface area contributed by atoms with E-state index < -0.39 is 0 Å². The number of rotatable bonds is 3. The maximum absolute atomic E-state index is 5.50. The van der Waals surface area contributed by atoms with Gasteiger partial charge < -0.3 is 4.74 Å². The van der Waals surface area contributed by atoms with Crippen LogP contribution in [0.2, 0.25) is 0 Å². The highest BCUT2D eigenvalue weighted by atomic mass is 79.9. The number of ether oxygens (including phenoxy) is 1. The van der Waals surface area contributed by atoms with E-state index in [0.29, 0.717) is 6.04 Å². The fourth-order valence-corrected chi connectivity index (χ4v) is 3.16. The third-order valence-electron chi connectivity index (χ3n) is 3.91. The Bertz CT molecular complexity index is 449. The van der Waals surface area contributed by atoms with Crippen LogP contribution in [0.3, 0.4) is 0 Å². The standard InChI is InChI=1S/C14H20BrN3O/c15-13-8-16-18(10-13)14-3-5-17(6-4-14)9-12-2-1-7-19-11-12/h2,8,10,14H,1,3-7,9,11H2. The van der Waals surface area contributed by atoms with E-state index in [1.54, 1.807) is 0 Å². The van der Waals surface area contributed by atoms with Crippen LogP contribution >= 0.6 is 15.9 Å². The molecular weight excluding hydrogens is 306 g/mol. The Kier molecular flexibility index (Phi) is 4.35. The third-order valence-corrected chi connectivity index (χ3v) is 4.32. The normalized spacial score (nSPS) is 22.5. The van der Waals surface area contributed by atoms with Gasteiger partial charge in [0.05, 0.1) is 29.9 Å². The third kappa shape index (κ3) is 3.46. The lowest BCUT2D eigenvalue weighted by Crippen LogP contribution is -2.36. The topological polar surface area (TPSA) is 30.3 Å². The Morgan fingerprint density at radius 3 is 2.84 bits per heavy atom. The second-order valence-electron chi connectivity index (χ2n) is 5.35. The highest BCUT2D eigenvalue weighted by Gasteiger charge is 2.21. The average molecular weight is 326 g/mol. The number of nitrogens with zero attached hydrogens (tertiary/aromatic N) is 3. The largest absolute Gasteiger partial charge is 0.377 e. The van der Waals surface area contributed by atoms with E-state index in [1.165, 1.54) is 18.4 Å². The summed E-state index contributed by atoms with van der Waals surface area (Å²) in [6.45, 7) is 5.10. The Hall–Kier alpha value is -0.650. The van der Waals surface area contributed by atoms with Crippen LogP contribution < -0.4 is 0 Å². The first-order valence-electron chi connectivity index (χ1n) is 6.99. The summed E-state index contributed by atoms with van der Waals surface area (Å²) in [4.78, 5) is 2.54. The smallest absolute Gasteiger partial charge is 0.0689 e. The van der Waals surface area contributed by atoms with E-state index in [2.05, 4.69) is 42.9 Å². The minimum Gasteiger partial charge on any atom is -0.377 e. The van der Waals surface area contributed by atoms with E-state index in [0.717, 1.165) is 43.7 Å². The molecule has 0 saturated carbocycles. The summed E-state index contributed by atoms with van der Waals surface area (Å²) in [5.74, 6) is 0. The van der Waals surface area contributed by atoms with Crippen molar-refractivity contribution in [3.05, 3.63) is 28.5 Å². The molecule has 0 N–H and O–H groups in total. The number of hydrogen-bond donors (Lipinski definition) is 0. The quantitative estimate of drug-likeness (QED) is 0.800. The molecule has 3 rings (SSSR count). The zero-order chi connectivity index (χ0) is 13.1. The predicted molar refractivity (Wildman–Crippen MR) is 78.2 cm³/mol. The van der Waals surface area contributed by atoms with Gasteiger partial charge in [0.15, 0.2) is 0 Å². The molecule has 4 nitrogen and oxygen atoms in total. The molecule has 0 radical (unpaired) electrons. The van der Waals surface area contributed by atoms with E-state index in [4.69, 9.17) is 4.74 Å². The molecular formula is C14H20BrN3O. The highest BCUT2D eigenvalue weighted by Crippen LogP contribution is 2.24. The van der Waals surface area contributed by atoms with E-state index >= 15 is 0 Å². The van der Waals surface area contributed by atoms with E-state index in [9.17, 15) is 0 Å². The van der Waals surface area contributed by atoms with Crippen molar-refractivity contribution < 1.29 is 4.74 Å². The molecule has 19 heavy (non-hydrogen) atoms. The molecule has 1 saturated heterocycles. The van der Waals surface area contributed by atoms with Gasteiger partial charge in [0.25, 0.3) is 0 Å². The number of likely N-dealkylation sites (tertiary alicyclic amines) is 1. The van der Waals surface area contributed by atoms with Gasteiger partial charge in [-0.05, 0) is 40.8 Å². The Labute approximate surface area is 122 Å². The second kappa shape index (κ2) is 6.20. The van der Waals surface area contributed by atoms with Crippen molar-refractivity contribution in [3.8, 4) is 0 Å². The van der Waals surface area contributed by atoms with Crippen molar-refractivity contribution in [1.29, 1.82) is 0 Å². The van der Waals surface area contributed by atoms with Gasteiger partial charge in [0, 0.05) is 25.8 Å². The minimum atomic E-state index is 0.555. The van der Waals surface area contributed by atoms with Crippen LogP contribution in [0.4, 0.5) is 0 Å². The lowest BCUT2D eigenvalue weighted by molar-refractivity contribution is 0.134. The van der Waals surface area contributed by atoms with Crippen LogP contribution in [0.1, 0.15) is 25.3 Å². The summed E-state index contributed by atoms with van der Waals surface area (Å²) >= 11 is 3.46. The van der Waals surface area contributed by atoms with Crippen molar-refractivity contribution in [3.63, 3.8) is 0 Å². The van der Waals surface area contributed by atoms with Gasteiger partial charge in [-0.25, -0.2) is 0 Å². The average Bonchev–Trinajstić information content (AvgIpc) is 2.87. The fourth-order valence-electron chi connectivity index (χ4n) is 2.86. The first kappa shape index (κ1) is 13.3. The van der Waals surface area contributed by atoms with E-state index in [1.807, 2.05) is 6.20 Å². The summed E-state index contributed by atoms with van der Waals surface area (Å²) in [6.07, 6.45) is 9.74. The van der Waals surface area contributed by atoms with Crippen molar-refractivity contribution in [2.24, 2.45) is 0 Å².